The lowest BCUT2D eigenvalue weighted by Gasteiger charge is -2.27. The maximum atomic E-state index is 14.6. The average molecular weight is 371 g/mol. The number of carbonyl (C=O) groups is 2. The number of nitriles is 1. The van der Waals surface area contributed by atoms with Crippen molar-refractivity contribution in [2.75, 3.05) is 13.1 Å². The Hall–Kier alpha value is -2.88. The molecule has 0 saturated carbocycles. The number of allylic oxidation sites excluding steroid dienone is 2. The van der Waals surface area contributed by atoms with E-state index in [1.54, 1.807) is 23.1 Å². The van der Waals surface area contributed by atoms with Crippen LogP contribution < -0.4 is 5.32 Å². The van der Waals surface area contributed by atoms with E-state index in [1.807, 2.05) is 6.07 Å². The van der Waals surface area contributed by atoms with Crippen molar-refractivity contribution in [1.29, 1.82) is 5.26 Å². The lowest BCUT2D eigenvalue weighted by molar-refractivity contribution is -0.134. The van der Waals surface area contributed by atoms with E-state index in [2.05, 4.69) is 5.32 Å². The molecule has 142 valence electrons. The van der Waals surface area contributed by atoms with Gasteiger partial charge in [0.15, 0.2) is 5.67 Å². The van der Waals surface area contributed by atoms with Gasteiger partial charge in [-0.2, -0.15) is 5.26 Å². The predicted octanol–water partition coefficient (Wildman–Crippen LogP) is 2.74. The molecule has 0 bridgehead atoms. The number of nitrogens with zero attached hydrogens (tertiary/aromatic N) is 2. The highest BCUT2D eigenvalue weighted by molar-refractivity contribution is 6.01. The first-order chi connectivity index (χ1) is 13.0. The molecule has 1 saturated heterocycles. The number of furan rings is 1. The highest BCUT2D eigenvalue weighted by Crippen LogP contribution is 2.28. The van der Waals surface area contributed by atoms with Crippen LogP contribution >= 0.6 is 0 Å². The van der Waals surface area contributed by atoms with Crippen molar-refractivity contribution in [1.82, 2.24) is 10.2 Å². The van der Waals surface area contributed by atoms with Gasteiger partial charge < -0.3 is 14.6 Å². The summed E-state index contributed by atoms with van der Waals surface area (Å²) >= 11 is 0. The number of alkyl halides is 1. The van der Waals surface area contributed by atoms with E-state index in [0.717, 1.165) is 12.8 Å². The van der Waals surface area contributed by atoms with Crippen molar-refractivity contribution in [2.45, 2.75) is 43.8 Å². The molecular weight excluding hydrogens is 349 g/mol. The number of amides is 2. The van der Waals surface area contributed by atoms with Gasteiger partial charge in [0, 0.05) is 37.5 Å². The van der Waals surface area contributed by atoms with Gasteiger partial charge in [-0.15, -0.1) is 0 Å². The van der Waals surface area contributed by atoms with Crippen LogP contribution in [0.5, 0.6) is 0 Å². The van der Waals surface area contributed by atoms with Crippen molar-refractivity contribution in [3.63, 3.8) is 0 Å². The van der Waals surface area contributed by atoms with Gasteiger partial charge in [0.25, 0.3) is 11.8 Å². The molecule has 7 heteroatoms. The highest BCUT2D eigenvalue weighted by atomic mass is 19.1. The lowest BCUT2D eigenvalue weighted by Crippen LogP contribution is -2.50. The largest absolute Gasteiger partial charge is 0.472 e. The summed E-state index contributed by atoms with van der Waals surface area (Å²) in [6.07, 6.45) is 10.2. The first-order valence-corrected chi connectivity index (χ1v) is 9.10. The molecule has 2 aliphatic rings. The molecule has 1 N–H and O–H groups in total. The Kier molecular flexibility index (Phi) is 5.75. The number of halogens is 1. The van der Waals surface area contributed by atoms with E-state index in [0.29, 0.717) is 18.5 Å². The molecule has 1 unspecified atom stereocenters. The van der Waals surface area contributed by atoms with Crippen LogP contribution in [0.25, 0.3) is 6.08 Å². The Bertz CT molecular complexity index is 784. The van der Waals surface area contributed by atoms with Crippen molar-refractivity contribution >= 4 is 17.9 Å². The second kappa shape index (κ2) is 8.21. The standard InChI is InChI=1S/C20H22FN3O3/c21-20(7-2-3-8-20)19(26)23-17-5-1-4-9-24(13-17)18(25)16(12-22)11-15-6-10-27-14-15/h2-3,6,10-11,14,17H,1,4-5,7-9,13H2,(H,23,26)/b16-11-. The number of hydrogen-bond donors (Lipinski definition) is 1. The Morgan fingerprint density at radius 3 is 2.81 bits per heavy atom. The number of rotatable bonds is 4. The summed E-state index contributed by atoms with van der Waals surface area (Å²) in [5.41, 5.74) is -1.25. The summed E-state index contributed by atoms with van der Waals surface area (Å²) in [6, 6.07) is 3.27. The number of likely N-dealkylation sites (tertiary alicyclic amines) is 1. The lowest BCUT2D eigenvalue weighted by atomic mass is 10.0. The van der Waals surface area contributed by atoms with E-state index < -0.39 is 17.5 Å². The van der Waals surface area contributed by atoms with Crippen LogP contribution in [-0.4, -0.2) is 41.5 Å². The summed E-state index contributed by atoms with van der Waals surface area (Å²) in [5.74, 6) is -1.02. The highest BCUT2D eigenvalue weighted by Gasteiger charge is 2.40. The van der Waals surface area contributed by atoms with E-state index in [-0.39, 0.29) is 31.0 Å². The fourth-order valence-electron chi connectivity index (χ4n) is 3.40. The van der Waals surface area contributed by atoms with E-state index in [4.69, 9.17) is 4.42 Å². The van der Waals surface area contributed by atoms with E-state index >= 15 is 0 Å². The molecule has 0 radical (unpaired) electrons. The molecule has 2 amide bonds. The molecule has 1 aliphatic carbocycles. The minimum Gasteiger partial charge on any atom is -0.472 e. The number of hydrogen-bond acceptors (Lipinski definition) is 4. The van der Waals surface area contributed by atoms with Gasteiger partial charge in [-0.25, -0.2) is 4.39 Å². The quantitative estimate of drug-likeness (QED) is 0.501. The first kappa shape index (κ1) is 18.9. The maximum Gasteiger partial charge on any atom is 0.264 e. The second-order valence-corrected chi connectivity index (χ2v) is 6.99. The smallest absolute Gasteiger partial charge is 0.264 e. The monoisotopic (exact) mass is 371 g/mol. The van der Waals surface area contributed by atoms with Crippen molar-refractivity contribution in [3.8, 4) is 6.07 Å². The zero-order chi connectivity index (χ0) is 19.3. The van der Waals surface area contributed by atoms with Crippen LogP contribution in [-0.2, 0) is 9.59 Å². The fourth-order valence-corrected chi connectivity index (χ4v) is 3.40. The van der Waals surface area contributed by atoms with Crippen LogP contribution in [0.2, 0.25) is 0 Å². The molecule has 3 rings (SSSR count). The van der Waals surface area contributed by atoms with Crippen molar-refractivity contribution < 1.29 is 18.4 Å². The Balaban J connectivity index is 1.67. The molecule has 27 heavy (non-hydrogen) atoms. The molecule has 1 atom stereocenters. The van der Waals surface area contributed by atoms with Gasteiger partial charge in [-0.05, 0) is 31.4 Å². The minimum absolute atomic E-state index is 0.00494. The second-order valence-electron chi connectivity index (χ2n) is 6.99. The van der Waals surface area contributed by atoms with Crippen molar-refractivity contribution in [3.05, 3.63) is 41.9 Å². The zero-order valence-corrected chi connectivity index (χ0v) is 15.0. The molecule has 0 aromatic carbocycles. The van der Waals surface area contributed by atoms with E-state index in [9.17, 15) is 19.2 Å². The Labute approximate surface area is 157 Å². The molecule has 1 aromatic rings. The van der Waals surface area contributed by atoms with E-state index in [1.165, 1.54) is 18.6 Å². The van der Waals surface area contributed by atoms with Gasteiger partial charge >= 0.3 is 0 Å². The summed E-state index contributed by atoms with van der Waals surface area (Å²) in [6.45, 7) is 0.760. The topological polar surface area (TPSA) is 86.3 Å². The Morgan fingerprint density at radius 2 is 2.15 bits per heavy atom. The van der Waals surface area contributed by atoms with Gasteiger partial charge in [0.1, 0.15) is 11.6 Å². The third-order valence-corrected chi connectivity index (χ3v) is 4.96. The molecule has 1 aliphatic heterocycles. The number of nitrogens with one attached hydrogen (secondary N) is 1. The van der Waals surface area contributed by atoms with Gasteiger partial charge in [0.05, 0.1) is 12.5 Å². The van der Waals surface area contributed by atoms with Gasteiger partial charge in [0.2, 0.25) is 0 Å². The Morgan fingerprint density at radius 1 is 1.37 bits per heavy atom. The molecule has 0 spiro atoms. The SMILES string of the molecule is N#C/C(=C/c1ccoc1)C(=O)N1CCCCC(NC(=O)C2(F)CC=CC2)C1. The average Bonchev–Trinajstić information content (AvgIpc) is 3.28. The van der Waals surface area contributed by atoms with Crippen LogP contribution in [0.4, 0.5) is 4.39 Å². The molecule has 6 nitrogen and oxygen atoms in total. The van der Waals surface area contributed by atoms with Crippen LogP contribution in [0.1, 0.15) is 37.7 Å². The van der Waals surface area contributed by atoms with Gasteiger partial charge in [-0.3, -0.25) is 9.59 Å². The van der Waals surface area contributed by atoms with Crippen LogP contribution in [0.15, 0.2) is 40.7 Å². The van der Waals surface area contributed by atoms with Crippen LogP contribution in [0.3, 0.4) is 0 Å². The summed E-state index contributed by atoms with van der Waals surface area (Å²) in [7, 11) is 0. The molecule has 2 heterocycles. The normalized spacial score (nSPS) is 22.1. The summed E-state index contributed by atoms with van der Waals surface area (Å²) in [5, 5.41) is 12.1. The fraction of sp³-hybridized carbons (Fsp3) is 0.450. The third kappa shape index (κ3) is 4.45. The van der Waals surface area contributed by atoms with Gasteiger partial charge in [-0.1, -0.05) is 12.2 Å². The molecular formula is C20H22FN3O3. The summed E-state index contributed by atoms with van der Waals surface area (Å²) in [4.78, 5) is 26.6. The molecule has 1 fully saturated rings. The first-order valence-electron chi connectivity index (χ1n) is 9.10. The predicted molar refractivity (Wildman–Crippen MR) is 96.9 cm³/mol. The van der Waals surface area contributed by atoms with Crippen LogP contribution in [0, 0.1) is 11.3 Å². The maximum absolute atomic E-state index is 14.6. The minimum atomic E-state index is -1.89. The van der Waals surface area contributed by atoms with Crippen molar-refractivity contribution in [2.24, 2.45) is 0 Å². The molecule has 1 aromatic heterocycles. The third-order valence-electron chi connectivity index (χ3n) is 4.96. The number of carbonyl (C=O) groups excluding carboxylic acids is 2. The zero-order valence-electron chi connectivity index (χ0n) is 15.0. The summed E-state index contributed by atoms with van der Waals surface area (Å²) < 4.78 is 19.6.